The number of likely N-dealkylation sites (N-methyl/N-ethyl adjacent to an activating group) is 1. The van der Waals surface area contributed by atoms with E-state index in [4.69, 9.17) is 0 Å². The Morgan fingerprint density at radius 3 is 2.81 bits per heavy atom. The van der Waals surface area contributed by atoms with Crippen LogP contribution in [0.5, 0.6) is 0 Å². The van der Waals surface area contributed by atoms with E-state index in [0.717, 1.165) is 32.0 Å². The maximum Gasteiger partial charge on any atom is 0.147 e. The van der Waals surface area contributed by atoms with E-state index in [1.165, 1.54) is 5.56 Å². The molecule has 0 bridgehead atoms. The van der Waals surface area contributed by atoms with Crippen LogP contribution in [0.1, 0.15) is 31.3 Å². The molecule has 0 amide bonds. The molecule has 1 aliphatic rings. The predicted molar refractivity (Wildman–Crippen MR) is 82.8 cm³/mol. The number of rotatable bonds is 5. The van der Waals surface area contributed by atoms with E-state index >= 15 is 0 Å². The normalized spacial score (nSPS) is 18.2. The summed E-state index contributed by atoms with van der Waals surface area (Å²) in [5, 5.41) is 11.9. The largest absolute Gasteiger partial charge is 0.315 e. The highest BCUT2D eigenvalue weighted by Crippen LogP contribution is 2.23. The number of nitrogens with zero attached hydrogens (tertiary/aromatic N) is 4. The molecular formula is C16H23N5. The summed E-state index contributed by atoms with van der Waals surface area (Å²) in [7, 11) is 0. The van der Waals surface area contributed by atoms with Gasteiger partial charge in [-0.15, -0.1) is 10.2 Å². The first-order chi connectivity index (χ1) is 10.3. The van der Waals surface area contributed by atoms with Crippen LogP contribution in [-0.4, -0.2) is 38.8 Å². The fourth-order valence-corrected chi connectivity index (χ4v) is 3.09. The van der Waals surface area contributed by atoms with Crippen LogP contribution in [0.15, 0.2) is 36.7 Å². The smallest absolute Gasteiger partial charge is 0.147 e. The van der Waals surface area contributed by atoms with Crippen molar-refractivity contribution in [3.63, 3.8) is 0 Å². The molecule has 5 nitrogen and oxygen atoms in total. The molecule has 1 aliphatic heterocycles. The van der Waals surface area contributed by atoms with Crippen molar-refractivity contribution in [3.05, 3.63) is 48.0 Å². The van der Waals surface area contributed by atoms with Gasteiger partial charge in [-0.3, -0.25) is 4.90 Å². The minimum absolute atomic E-state index is 0.339. The molecule has 0 fully saturated rings. The van der Waals surface area contributed by atoms with E-state index in [1.54, 1.807) is 0 Å². The average molecular weight is 285 g/mol. The highest BCUT2D eigenvalue weighted by atomic mass is 15.3. The van der Waals surface area contributed by atoms with Gasteiger partial charge in [0.2, 0.25) is 0 Å². The minimum Gasteiger partial charge on any atom is -0.315 e. The fraction of sp³-hybridized carbons (Fsp3) is 0.500. The van der Waals surface area contributed by atoms with Gasteiger partial charge in [-0.25, -0.2) is 0 Å². The molecule has 0 saturated heterocycles. The van der Waals surface area contributed by atoms with Crippen molar-refractivity contribution in [2.24, 2.45) is 0 Å². The molecule has 2 heterocycles. The van der Waals surface area contributed by atoms with E-state index in [1.807, 2.05) is 6.33 Å². The van der Waals surface area contributed by atoms with Crippen molar-refractivity contribution in [1.29, 1.82) is 0 Å². The number of hydrogen-bond donors (Lipinski definition) is 1. The quantitative estimate of drug-likeness (QED) is 0.910. The van der Waals surface area contributed by atoms with E-state index in [-0.39, 0.29) is 0 Å². The van der Waals surface area contributed by atoms with Gasteiger partial charge in [0, 0.05) is 25.2 Å². The molecule has 2 atom stereocenters. The third kappa shape index (κ3) is 2.99. The summed E-state index contributed by atoms with van der Waals surface area (Å²) in [6.45, 7) is 8.31. The number of fused-ring (bicyclic) bond motifs is 1. The lowest BCUT2D eigenvalue weighted by Gasteiger charge is -2.37. The van der Waals surface area contributed by atoms with Crippen LogP contribution in [0.2, 0.25) is 0 Å². The Labute approximate surface area is 126 Å². The van der Waals surface area contributed by atoms with Crippen LogP contribution < -0.4 is 5.32 Å². The summed E-state index contributed by atoms with van der Waals surface area (Å²) in [5.41, 5.74) is 1.35. The van der Waals surface area contributed by atoms with Gasteiger partial charge >= 0.3 is 0 Å². The Bertz CT molecular complexity index is 565. The number of benzene rings is 1. The zero-order valence-corrected chi connectivity index (χ0v) is 12.7. The van der Waals surface area contributed by atoms with E-state index in [0.29, 0.717) is 12.1 Å². The Morgan fingerprint density at radius 1 is 1.24 bits per heavy atom. The standard InChI is InChI=1S/C16H23N5/c1-3-17-16(14-7-5-4-6-8-14)13(2)20-9-10-21-12-18-19-15(21)11-20/h4-8,12-13,16-17H,3,9-11H2,1-2H3. The molecule has 1 N–H and O–H groups in total. The topological polar surface area (TPSA) is 46.0 Å². The van der Waals surface area contributed by atoms with Gasteiger partial charge in [0.1, 0.15) is 12.2 Å². The van der Waals surface area contributed by atoms with Crippen LogP contribution in [0.4, 0.5) is 0 Å². The second-order valence-electron chi connectivity index (χ2n) is 5.60. The summed E-state index contributed by atoms with van der Waals surface area (Å²) < 4.78 is 2.15. The monoisotopic (exact) mass is 285 g/mol. The predicted octanol–water partition coefficient (Wildman–Crippen LogP) is 1.83. The number of aromatic nitrogens is 3. The van der Waals surface area contributed by atoms with Gasteiger partial charge in [-0.2, -0.15) is 0 Å². The molecule has 5 heteroatoms. The van der Waals surface area contributed by atoms with Gasteiger partial charge in [0.05, 0.1) is 6.54 Å². The molecule has 0 saturated carbocycles. The SMILES string of the molecule is CCNC(c1ccccc1)C(C)N1CCn2cnnc2C1. The highest BCUT2D eigenvalue weighted by Gasteiger charge is 2.27. The number of nitrogens with one attached hydrogen (secondary N) is 1. The fourth-order valence-electron chi connectivity index (χ4n) is 3.09. The molecule has 0 spiro atoms. The molecule has 0 radical (unpaired) electrons. The number of hydrogen-bond acceptors (Lipinski definition) is 4. The van der Waals surface area contributed by atoms with Crippen molar-refractivity contribution in [3.8, 4) is 0 Å². The van der Waals surface area contributed by atoms with Crippen molar-refractivity contribution in [2.75, 3.05) is 13.1 Å². The van der Waals surface area contributed by atoms with E-state index < -0.39 is 0 Å². The molecular weight excluding hydrogens is 262 g/mol. The second-order valence-corrected chi connectivity index (χ2v) is 5.60. The van der Waals surface area contributed by atoms with Crippen LogP contribution in [0, 0.1) is 0 Å². The lowest BCUT2D eigenvalue weighted by molar-refractivity contribution is 0.132. The van der Waals surface area contributed by atoms with Crippen LogP contribution in [0.25, 0.3) is 0 Å². The first-order valence-corrected chi connectivity index (χ1v) is 7.68. The zero-order chi connectivity index (χ0) is 14.7. The van der Waals surface area contributed by atoms with Crippen LogP contribution >= 0.6 is 0 Å². The molecule has 3 rings (SSSR count). The molecule has 112 valence electrons. The van der Waals surface area contributed by atoms with Gasteiger partial charge < -0.3 is 9.88 Å². The molecule has 21 heavy (non-hydrogen) atoms. The van der Waals surface area contributed by atoms with Crippen molar-refractivity contribution in [1.82, 2.24) is 25.0 Å². The van der Waals surface area contributed by atoms with Gasteiger partial charge in [0.25, 0.3) is 0 Å². The highest BCUT2D eigenvalue weighted by molar-refractivity contribution is 5.20. The maximum atomic E-state index is 4.22. The van der Waals surface area contributed by atoms with E-state index in [2.05, 4.69) is 69.2 Å². The van der Waals surface area contributed by atoms with Crippen molar-refractivity contribution >= 4 is 0 Å². The molecule has 1 aromatic carbocycles. The summed E-state index contributed by atoms with van der Waals surface area (Å²) in [5.74, 6) is 1.07. The Kier molecular flexibility index (Phi) is 4.31. The summed E-state index contributed by atoms with van der Waals surface area (Å²) in [6, 6.07) is 11.5. The van der Waals surface area contributed by atoms with Gasteiger partial charge in [-0.05, 0) is 19.0 Å². The molecule has 1 aromatic heterocycles. The second kappa shape index (κ2) is 6.37. The van der Waals surface area contributed by atoms with Gasteiger partial charge in [0.15, 0.2) is 0 Å². The van der Waals surface area contributed by atoms with Crippen molar-refractivity contribution < 1.29 is 0 Å². The maximum absolute atomic E-state index is 4.22. The third-order valence-electron chi connectivity index (χ3n) is 4.31. The molecule has 0 aliphatic carbocycles. The van der Waals surface area contributed by atoms with Crippen LogP contribution in [0.3, 0.4) is 0 Å². The lowest BCUT2D eigenvalue weighted by Crippen LogP contribution is -2.46. The summed E-state index contributed by atoms with van der Waals surface area (Å²) in [6.07, 6.45) is 1.83. The zero-order valence-electron chi connectivity index (χ0n) is 12.7. The molecule has 2 aromatic rings. The lowest BCUT2D eigenvalue weighted by atomic mass is 9.98. The third-order valence-corrected chi connectivity index (χ3v) is 4.31. The Balaban J connectivity index is 1.77. The van der Waals surface area contributed by atoms with Gasteiger partial charge in [-0.1, -0.05) is 37.3 Å². The van der Waals surface area contributed by atoms with E-state index in [9.17, 15) is 0 Å². The minimum atomic E-state index is 0.339. The van der Waals surface area contributed by atoms with Crippen molar-refractivity contribution in [2.45, 2.75) is 39.0 Å². The summed E-state index contributed by atoms with van der Waals surface area (Å²) in [4.78, 5) is 2.49. The first kappa shape index (κ1) is 14.2. The summed E-state index contributed by atoms with van der Waals surface area (Å²) >= 11 is 0. The Morgan fingerprint density at radius 2 is 2.05 bits per heavy atom. The Hall–Kier alpha value is -1.72. The first-order valence-electron chi connectivity index (χ1n) is 7.68. The van der Waals surface area contributed by atoms with Crippen LogP contribution in [-0.2, 0) is 13.1 Å². The molecule has 2 unspecified atom stereocenters. The average Bonchev–Trinajstić information content (AvgIpc) is 3.00.